The van der Waals surface area contributed by atoms with Crippen LogP contribution in [0.25, 0.3) is 0 Å². The number of fused-ring (bicyclic) bond motifs is 1. The second-order valence-electron chi connectivity index (χ2n) is 8.97. The highest BCUT2D eigenvalue weighted by molar-refractivity contribution is 5.93. The minimum Gasteiger partial charge on any atom is -0.497 e. The van der Waals surface area contributed by atoms with Crippen molar-refractivity contribution in [3.8, 4) is 5.75 Å². The molecular weight excluding hydrogens is 408 g/mol. The van der Waals surface area contributed by atoms with Crippen molar-refractivity contribution in [1.82, 2.24) is 19.8 Å². The predicted molar refractivity (Wildman–Crippen MR) is 119 cm³/mol. The van der Waals surface area contributed by atoms with E-state index in [1.54, 1.807) is 13.4 Å². The zero-order valence-electron chi connectivity index (χ0n) is 19.0. The molecular formula is C24H32N4O4. The van der Waals surface area contributed by atoms with Crippen molar-refractivity contribution in [3.63, 3.8) is 0 Å². The monoisotopic (exact) mass is 440 g/mol. The molecule has 0 aliphatic carbocycles. The number of ether oxygens (including phenoxy) is 2. The number of methoxy groups -OCH3 is 1. The van der Waals surface area contributed by atoms with Crippen LogP contribution in [0.4, 0.5) is 0 Å². The lowest BCUT2D eigenvalue weighted by atomic mass is 9.95. The number of hydrogen-bond donors (Lipinski definition) is 1. The van der Waals surface area contributed by atoms with Gasteiger partial charge in [-0.15, -0.1) is 0 Å². The van der Waals surface area contributed by atoms with Crippen molar-refractivity contribution < 1.29 is 19.1 Å². The van der Waals surface area contributed by atoms with E-state index in [1.807, 2.05) is 33.7 Å². The van der Waals surface area contributed by atoms with Crippen molar-refractivity contribution in [2.24, 2.45) is 11.8 Å². The molecule has 2 aliphatic rings. The van der Waals surface area contributed by atoms with Crippen LogP contribution in [-0.4, -0.2) is 53.0 Å². The van der Waals surface area contributed by atoms with Gasteiger partial charge in [0, 0.05) is 25.6 Å². The van der Waals surface area contributed by atoms with E-state index in [0.29, 0.717) is 57.2 Å². The summed E-state index contributed by atoms with van der Waals surface area (Å²) in [5.74, 6) is 1.23. The van der Waals surface area contributed by atoms with Crippen molar-refractivity contribution in [2.75, 3.05) is 26.7 Å². The first-order valence-electron chi connectivity index (χ1n) is 11.3. The molecule has 0 radical (unpaired) electrons. The van der Waals surface area contributed by atoms with Crippen LogP contribution < -0.4 is 10.1 Å². The quantitative estimate of drug-likeness (QED) is 0.747. The first kappa shape index (κ1) is 22.3. The summed E-state index contributed by atoms with van der Waals surface area (Å²) in [4.78, 5) is 31.7. The van der Waals surface area contributed by atoms with Crippen molar-refractivity contribution >= 4 is 11.8 Å². The molecule has 1 unspecified atom stereocenters. The number of piperidine rings is 1. The molecule has 2 aliphatic heterocycles. The largest absolute Gasteiger partial charge is 0.497 e. The minimum absolute atomic E-state index is 0.0256. The van der Waals surface area contributed by atoms with Gasteiger partial charge in [0.2, 0.25) is 5.91 Å². The number of nitrogens with zero attached hydrogens (tertiary/aromatic N) is 3. The van der Waals surface area contributed by atoms with E-state index in [1.165, 1.54) is 0 Å². The standard InChI is InChI=1S/C24H32N4O4/c1-16(2)12-25-23(29)18-8-10-27(11-9-18)24(30)22-20-14-32-21(13-28(20)15-26-22)17-4-6-19(31-3)7-5-17/h4-7,15-16,18,21H,8-14H2,1-3H3,(H,25,29). The van der Waals surface area contributed by atoms with E-state index < -0.39 is 0 Å². The Morgan fingerprint density at radius 3 is 2.59 bits per heavy atom. The Hall–Kier alpha value is -2.87. The van der Waals surface area contributed by atoms with Crippen LogP contribution in [0.15, 0.2) is 30.6 Å². The molecule has 4 rings (SSSR count). The normalized spacial score (nSPS) is 19.0. The molecule has 32 heavy (non-hydrogen) atoms. The van der Waals surface area contributed by atoms with Crippen LogP contribution in [-0.2, 0) is 22.7 Å². The topological polar surface area (TPSA) is 85.7 Å². The molecule has 1 saturated heterocycles. The zero-order valence-corrected chi connectivity index (χ0v) is 19.0. The lowest BCUT2D eigenvalue weighted by Gasteiger charge is -2.31. The summed E-state index contributed by atoms with van der Waals surface area (Å²) in [6.45, 7) is 6.94. The average molecular weight is 441 g/mol. The first-order chi connectivity index (χ1) is 15.5. The molecule has 1 aromatic carbocycles. The molecule has 1 fully saturated rings. The second-order valence-corrected chi connectivity index (χ2v) is 8.97. The number of imidazole rings is 1. The van der Waals surface area contributed by atoms with Crippen LogP contribution in [0.2, 0.25) is 0 Å². The fourth-order valence-corrected chi connectivity index (χ4v) is 4.27. The molecule has 0 spiro atoms. The Labute approximate surface area is 188 Å². The number of hydrogen-bond acceptors (Lipinski definition) is 5. The summed E-state index contributed by atoms with van der Waals surface area (Å²) in [5, 5.41) is 3.01. The molecule has 0 saturated carbocycles. The molecule has 8 nitrogen and oxygen atoms in total. The number of likely N-dealkylation sites (tertiary alicyclic amines) is 1. The third-order valence-corrected chi connectivity index (χ3v) is 6.26. The first-order valence-corrected chi connectivity index (χ1v) is 11.3. The molecule has 1 N–H and O–H groups in total. The highest BCUT2D eigenvalue weighted by atomic mass is 16.5. The average Bonchev–Trinajstić information content (AvgIpc) is 3.25. The van der Waals surface area contributed by atoms with E-state index in [2.05, 4.69) is 24.1 Å². The molecule has 172 valence electrons. The lowest BCUT2D eigenvalue weighted by Crippen LogP contribution is -2.44. The van der Waals surface area contributed by atoms with Gasteiger partial charge >= 0.3 is 0 Å². The van der Waals surface area contributed by atoms with Gasteiger partial charge in [0.15, 0.2) is 5.69 Å². The lowest BCUT2D eigenvalue weighted by molar-refractivity contribution is -0.126. The van der Waals surface area contributed by atoms with Gasteiger partial charge in [-0.2, -0.15) is 0 Å². The van der Waals surface area contributed by atoms with Crippen LogP contribution in [0.5, 0.6) is 5.75 Å². The van der Waals surface area contributed by atoms with Gasteiger partial charge in [-0.3, -0.25) is 9.59 Å². The maximum atomic E-state index is 13.1. The molecule has 8 heteroatoms. The highest BCUT2D eigenvalue weighted by Crippen LogP contribution is 2.29. The van der Waals surface area contributed by atoms with Crippen molar-refractivity contribution in [3.05, 3.63) is 47.5 Å². The van der Waals surface area contributed by atoms with Gasteiger partial charge in [0.25, 0.3) is 5.91 Å². The minimum atomic E-state index is -0.0920. The van der Waals surface area contributed by atoms with Gasteiger partial charge in [-0.05, 0) is 36.5 Å². The molecule has 2 aromatic rings. The Kier molecular flexibility index (Phi) is 6.79. The Balaban J connectivity index is 1.35. The zero-order chi connectivity index (χ0) is 22.7. The van der Waals surface area contributed by atoms with Gasteiger partial charge in [-0.1, -0.05) is 26.0 Å². The Morgan fingerprint density at radius 2 is 1.94 bits per heavy atom. The van der Waals surface area contributed by atoms with Crippen molar-refractivity contribution in [1.29, 1.82) is 0 Å². The number of rotatable bonds is 6. The van der Waals surface area contributed by atoms with E-state index in [-0.39, 0.29) is 23.8 Å². The molecule has 3 heterocycles. The maximum Gasteiger partial charge on any atom is 0.274 e. The third kappa shape index (κ3) is 4.80. The highest BCUT2D eigenvalue weighted by Gasteiger charge is 2.32. The predicted octanol–water partition coefficient (Wildman–Crippen LogP) is 2.79. The fourth-order valence-electron chi connectivity index (χ4n) is 4.27. The van der Waals surface area contributed by atoms with Crippen LogP contribution in [0.3, 0.4) is 0 Å². The van der Waals surface area contributed by atoms with Gasteiger partial charge in [-0.25, -0.2) is 4.98 Å². The maximum absolute atomic E-state index is 13.1. The third-order valence-electron chi connectivity index (χ3n) is 6.26. The number of aromatic nitrogens is 2. The summed E-state index contributed by atoms with van der Waals surface area (Å²) < 4.78 is 13.3. The number of benzene rings is 1. The number of amides is 2. The number of carbonyl (C=O) groups is 2. The molecule has 1 atom stereocenters. The van der Waals surface area contributed by atoms with Gasteiger partial charge < -0.3 is 24.3 Å². The molecule has 1 aromatic heterocycles. The van der Waals surface area contributed by atoms with Gasteiger partial charge in [0.05, 0.1) is 32.3 Å². The molecule has 0 bridgehead atoms. The summed E-state index contributed by atoms with van der Waals surface area (Å²) in [5.41, 5.74) is 2.34. The van der Waals surface area contributed by atoms with E-state index >= 15 is 0 Å². The Morgan fingerprint density at radius 1 is 1.22 bits per heavy atom. The van der Waals surface area contributed by atoms with E-state index in [0.717, 1.165) is 17.0 Å². The number of nitrogens with one attached hydrogen (secondary N) is 1. The van der Waals surface area contributed by atoms with E-state index in [4.69, 9.17) is 9.47 Å². The van der Waals surface area contributed by atoms with Gasteiger partial charge in [0.1, 0.15) is 11.9 Å². The Bertz CT molecular complexity index is 945. The fraction of sp³-hybridized carbons (Fsp3) is 0.542. The summed E-state index contributed by atoms with van der Waals surface area (Å²) >= 11 is 0. The van der Waals surface area contributed by atoms with Crippen LogP contribution in [0, 0.1) is 11.8 Å². The van der Waals surface area contributed by atoms with Crippen molar-refractivity contribution in [2.45, 2.75) is 45.9 Å². The van der Waals surface area contributed by atoms with Crippen LogP contribution >= 0.6 is 0 Å². The summed E-state index contributed by atoms with van der Waals surface area (Å²) in [6, 6.07) is 7.84. The SMILES string of the molecule is COc1ccc(C2Cn3cnc(C(=O)N4CCC(C(=O)NCC(C)C)CC4)c3CO2)cc1. The second kappa shape index (κ2) is 9.73. The van der Waals surface area contributed by atoms with E-state index in [9.17, 15) is 9.59 Å². The smallest absolute Gasteiger partial charge is 0.274 e. The summed E-state index contributed by atoms with van der Waals surface area (Å²) in [7, 11) is 1.65. The molecule has 2 amide bonds. The number of carbonyl (C=O) groups excluding carboxylic acids is 2. The summed E-state index contributed by atoms with van der Waals surface area (Å²) in [6.07, 6.45) is 3.00. The van der Waals surface area contributed by atoms with Crippen LogP contribution in [0.1, 0.15) is 54.5 Å².